The van der Waals surface area contributed by atoms with Gasteiger partial charge < -0.3 is 9.72 Å². The zero-order valence-electron chi connectivity index (χ0n) is 8.08. The van der Waals surface area contributed by atoms with Crippen LogP contribution < -0.4 is 0 Å². The van der Waals surface area contributed by atoms with Gasteiger partial charge in [-0.3, -0.25) is 0 Å². The lowest BCUT2D eigenvalue weighted by Crippen LogP contribution is -2.04. The van der Waals surface area contributed by atoms with Gasteiger partial charge in [0.05, 0.1) is 18.3 Å². The molecular formula is C10H9ClN2O2. The highest BCUT2D eigenvalue weighted by Crippen LogP contribution is 2.18. The zero-order chi connectivity index (χ0) is 10.8. The lowest BCUT2D eigenvalue weighted by molar-refractivity contribution is 0.0520. The predicted molar refractivity (Wildman–Crippen MR) is 57.1 cm³/mol. The summed E-state index contributed by atoms with van der Waals surface area (Å²) in [5.41, 5.74) is 1.18. The van der Waals surface area contributed by atoms with E-state index in [1.54, 1.807) is 25.3 Å². The summed E-state index contributed by atoms with van der Waals surface area (Å²) in [6, 6.07) is 3.39. The van der Waals surface area contributed by atoms with Crippen molar-refractivity contribution in [1.29, 1.82) is 0 Å². The molecule has 0 unspecified atom stereocenters. The van der Waals surface area contributed by atoms with Gasteiger partial charge in [-0.15, -0.1) is 0 Å². The molecule has 2 aromatic heterocycles. The molecule has 2 aromatic rings. The van der Waals surface area contributed by atoms with Gasteiger partial charge in [0, 0.05) is 5.39 Å². The van der Waals surface area contributed by atoms with E-state index in [1.165, 1.54) is 0 Å². The average Bonchev–Trinajstić information content (AvgIpc) is 2.60. The second kappa shape index (κ2) is 3.90. The van der Waals surface area contributed by atoms with Gasteiger partial charge in [0.2, 0.25) is 0 Å². The van der Waals surface area contributed by atoms with Crippen LogP contribution in [-0.2, 0) is 4.74 Å². The topological polar surface area (TPSA) is 55.0 Å². The number of carbonyl (C=O) groups is 1. The monoisotopic (exact) mass is 224 g/mol. The largest absolute Gasteiger partial charge is 0.461 e. The molecule has 4 nitrogen and oxygen atoms in total. The molecule has 0 bridgehead atoms. The molecule has 15 heavy (non-hydrogen) atoms. The molecule has 1 N–H and O–H groups in total. The molecule has 0 atom stereocenters. The maximum atomic E-state index is 11.4. The van der Waals surface area contributed by atoms with Gasteiger partial charge in [0.1, 0.15) is 10.8 Å². The number of hydrogen-bond donors (Lipinski definition) is 1. The smallest absolute Gasteiger partial charge is 0.354 e. The number of H-pyrrole nitrogens is 1. The van der Waals surface area contributed by atoms with E-state index in [4.69, 9.17) is 16.3 Å². The van der Waals surface area contributed by atoms with Crippen LogP contribution in [0.25, 0.3) is 10.9 Å². The van der Waals surface area contributed by atoms with Gasteiger partial charge in [0.25, 0.3) is 0 Å². The van der Waals surface area contributed by atoms with Gasteiger partial charge in [-0.1, -0.05) is 11.6 Å². The highest BCUT2D eigenvalue weighted by atomic mass is 35.5. The summed E-state index contributed by atoms with van der Waals surface area (Å²) >= 11 is 5.73. The Balaban J connectivity index is 2.42. The molecule has 0 aliphatic carbocycles. The Hall–Kier alpha value is -1.55. The molecule has 0 fully saturated rings. The molecule has 0 aliphatic heterocycles. The third-order valence-electron chi connectivity index (χ3n) is 1.97. The van der Waals surface area contributed by atoms with E-state index in [-0.39, 0.29) is 5.97 Å². The van der Waals surface area contributed by atoms with E-state index in [0.717, 1.165) is 10.9 Å². The summed E-state index contributed by atoms with van der Waals surface area (Å²) in [5.74, 6) is -0.371. The first-order chi connectivity index (χ1) is 7.20. The maximum Gasteiger partial charge on any atom is 0.354 e. The van der Waals surface area contributed by atoms with Crippen molar-refractivity contribution in [2.24, 2.45) is 0 Å². The quantitative estimate of drug-likeness (QED) is 0.630. The Labute approximate surface area is 91.2 Å². The second-order valence-electron chi connectivity index (χ2n) is 3.00. The number of aromatic amines is 1. The fourth-order valence-electron chi connectivity index (χ4n) is 1.32. The number of rotatable bonds is 2. The average molecular weight is 225 g/mol. The van der Waals surface area contributed by atoms with E-state index in [0.29, 0.717) is 17.5 Å². The zero-order valence-corrected chi connectivity index (χ0v) is 8.84. The molecule has 0 saturated carbocycles. The SMILES string of the molecule is CCOC(=O)c1cc2cc(Cl)ncc2[nH]1. The molecule has 0 aromatic carbocycles. The summed E-state index contributed by atoms with van der Waals surface area (Å²) in [4.78, 5) is 18.2. The number of carbonyl (C=O) groups excluding carboxylic acids is 1. The Morgan fingerprint density at radius 3 is 3.13 bits per heavy atom. The molecule has 0 aliphatic rings. The van der Waals surface area contributed by atoms with Crippen molar-refractivity contribution in [3.05, 3.63) is 29.2 Å². The van der Waals surface area contributed by atoms with Crippen LogP contribution in [0.15, 0.2) is 18.3 Å². The molecule has 2 heterocycles. The van der Waals surface area contributed by atoms with E-state index in [2.05, 4.69) is 9.97 Å². The van der Waals surface area contributed by atoms with Crippen LogP contribution in [0, 0.1) is 0 Å². The van der Waals surface area contributed by atoms with Crippen molar-refractivity contribution in [3.8, 4) is 0 Å². The molecule has 0 saturated heterocycles. The summed E-state index contributed by atoms with van der Waals surface area (Å²) < 4.78 is 4.86. The van der Waals surface area contributed by atoms with Crippen LogP contribution in [0.2, 0.25) is 5.15 Å². The highest BCUT2D eigenvalue weighted by molar-refractivity contribution is 6.30. The van der Waals surface area contributed by atoms with Crippen LogP contribution in [0.5, 0.6) is 0 Å². The molecule has 2 rings (SSSR count). The lowest BCUT2D eigenvalue weighted by atomic mass is 10.3. The standard InChI is InChI=1S/C10H9ClN2O2/c1-2-15-10(14)7-3-6-4-9(11)12-5-8(6)13-7/h3-5,13H,2H2,1H3. The molecule has 5 heteroatoms. The van der Waals surface area contributed by atoms with Gasteiger partial charge in [-0.25, -0.2) is 9.78 Å². The lowest BCUT2D eigenvalue weighted by Gasteiger charge is -1.96. The van der Waals surface area contributed by atoms with Gasteiger partial charge in [0.15, 0.2) is 0 Å². The minimum Gasteiger partial charge on any atom is -0.461 e. The fourth-order valence-corrected chi connectivity index (χ4v) is 1.49. The van der Waals surface area contributed by atoms with Crippen molar-refractivity contribution in [1.82, 2.24) is 9.97 Å². The van der Waals surface area contributed by atoms with Crippen molar-refractivity contribution in [2.45, 2.75) is 6.92 Å². The van der Waals surface area contributed by atoms with Crippen molar-refractivity contribution in [3.63, 3.8) is 0 Å². The van der Waals surface area contributed by atoms with E-state index < -0.39 is 0 Å². The number of esters is 1. The number of halogens is 1. The van der Waals surface area contributed by atoms with E-state index in [1.807, 2.05) is 0 Å². The van der Waals surface area contributed by atoms with Gasteiger partial charge in [-0.05, 0) is 19.1 Å². The maximum absolute atomic E-state index is 11.4. The summed E-state index contributed by atoms with van der Waals surface area (Å²) in [5, 5.41) is 1.25. The molecule has 0 spiro atoms. The van der Waals surface area contributed by atoms with Crippen LogP contribution in [0.1, 0.15) is 17.4 Å². The number of aromatic nitrogens is 2. The number of hydrogen-bond acceptors (Lipinski definition) is 3. The van der Waals surface area contributed by atoms with E-state index in [9.17, 15) is 4.79 Å². The number of pyridine rings is 1. The number of fused-ring (bicyclic) bond motifs is 1. The fraction of sp³-hybridized carbons (Fsp3) is 0.200. The molecule has 0 amide bonds. The first kappa shape index (κ1) is 9.98. The van der Waals surface area contributed by atoms with Crippen molar-refractivity contribution < 1.29 is 9.53 Å². The Morgan fingerprint density at radius 2 is 2.40 bits per heavy atom. The Bertz CT molecular complexity index is 507. The second-order valence-corrected chi connectivity index (χ2v) is 3.39. The molecular weight excluding hydrogens is 216 g/mol. The third-order valence-corrected chi connectivity index (χ3v) is 2.17. The van der Waals surface area contributed by atoms with Crippen LogP contribution >= 0.6 is 11.6 Å². The first-order valence-electron chi connectivity index (χ1n) is 4.52. The van der Waals surface area contributed by atoms with Gasteiger partial charge >= 0.3 is 5.97 Å². The number of nitrogens with one attached hydrogen (secondary N) is 1. The highest BCUT2D eigenvalue weighted by Gasteiger charge is 2.10. The van der Waals surface area contributed by atoms with Crippen molar-refractivity contribution >= 4 is 28.5 Å². The predicted octanol–water partition coefficient (Wildman–Crippen LogP) is 2.39. The minimum absolute atomic E-state index is 0.354. The van der Waals surface area contributed by atoms with Crippen LogP contribution in [0.4, 0.5) is 0 Å². The summed E-state index contributed by atoms with van der Waals surface area (Å²) in [7, 11) is 0. The Kier molecular flexibility index (Phi) is 2.60. The first-order valence-corrected chi connectivity index (χ1v) is 4.90. The van der Waals surface area contributed by atoms with Gasteiger partial charge in [-0.2, -0.15) is 0 Å². The molecule has 0 radical (unpaired) electrons. The minimum atomic E-state index is -0.371. The van der Waals surface area contributed by atoms with Crippen LogP contribution in [-0.4, -0.2) is 22.5 Å². The normalized spacial score (nSPS) is 10.5. The summed E-state index contributed by atoms with van der Waals surface area (Å²) in [6.45, 7) is 2.12. The van der Waals surface area contributed by atoms with Crippen molar-refractivity contribution in [2.75, 3.05) is 6.61 Å². The summed E-state index contributed by atoms with van der Waals surface area (Å²) in [6.07, 6.45) is 1.58. The Morgan fingerprint density at radius 1 is 1.60 bits per heavy atom. The number of ether oxygens (including phenoxy) is 1. The van der Waals surface area contributed by atoms with E-state index >= 15 is 0 Å². The number of nitrogens with zero attached hydrogens (tertiary/aromatic N) is 1. The molecule has 78 valence electrons. The van der Waals surface area contributed by atoms with Crippen LogP contribution in [0.3, 0.4) is 0 Å². The third kappa shape index (κ3) is 1.94.